The number of carbonyl (C=O) groups is 3. The molecule has 3 rings (SSSR count). The van der Waals surface area contributed by atoms with Gasteiger partial charge < -0.3 is 4.74 Å². The number of hydrogen-bond acceptors (Lipinski definition) is 5. The maximum absolute atomic E-state index is 13.0. The number of hydrogen-bond donors (Lipinski definition) is 0. The van der Waals surface area contributed by atoms with Crippen LogP contribution in [0.5, 0.6) is 0 Å². The van der Waals surface area contributed by atoms with E-state index in [9.17, 15) is 14.4 Å². The smallest absolute Gasteiger partial charge is 0.316 e. The van der Waals surface area contributed by atoms with Gasteiger partial charge in [-0.1, -0.05) is 41.9 Å². The quantitative estimate of drug-likeness (QED) is 0.587. The number of halogens is 1. The van der Waals surface area contributed by atoms with Crippen LogP contribution in [0.15, 0.2) is 59.5 Å². The topological polar surface area (TPSA) is 60.4 Å². The maximum atomic E-state index is 13.0. The largest absolute Gasteiger partial charge is 0.468 e. The van der Waals surface area contributed by atoms with E-state index in [0.717, 1.165) is 22.2 Å². The molecule has 0 aliphatic heterocycles. The van der Waals surface area contributed by atoms with Crippen molar-refractivity contribution in [3.63, 3.8) is 0 Å². The lowest BCUT2D eigenvalue weighted by Gasteiger charge is -2.32. The molecule has 0 heterocycles. The van der Waals surface area contributed by atoms with E-state index >= 15 is 0 Å². The average Bonchev–Trinajstić information content (AvgIpc) is 2.66. The van der Waals surface area contributed by atoms with Crippen molar-refractivity contribution < 1.29 is 19.1 Å². The van der Waals surface area contributed by atoms with Crippen molar-refractivity contribution in [2.24, 2.45) is 5.92 Å². The van der Waals surface area contributed by atoms with Gasteiger partial charge in [0.15, 0.2) is 11.6 Å². The van der Waals surface area contributed by atoms with Gasteiger partial charge in [0, 0.05) is 22.3 Å². The van der Waals surface area contributed by atoms with Gasteiger partial charge in [0.2, 0.25) is 0 Å². The Morgan fingerprint density at radius 2 is 1.73 bits per heavy atom. The standard InChI is InChI=1S/C20H17ClO4S/c1-25-20(24)17-15(12-5-3-2-4-6-12)11-16(22)19(18(17)23)26-14-9-7-13(21)8-10-14/h2-10,15,17,19H,11H2,1H3. The van der Waals surface area contributed by atoms with Crippen LogP contribution < -0.4 is 0 Å². The second kappa shape index (κ2) is 8.06. The molecular weight excluding hydrogens is 372 g/mol. The lowest BCUT2D eigenvalue weighted by molar-refractivity contribution is -0.152. The highest BCUT2D eigenvalue weighted by Gasteiger charge is 2.48. The molecular formula is C20H17ClO4S. The van der Waals surface area contributed by atoms with Crippen molar-refractivity contribution in [3.8, 4) is 0 Å². The number of carbonyl (C=O) groups excluding carboxylic acids is 3. The molecule has 4 nitrogen and oxygen atoms in total. The molecule has 6 heteroatoms. The normalized spacial score (nSPS) is 22.9. The van der Waals surface area contributed by atoms with Crippen LogP contribution in [0.4, 0.5) is 0 Å². The first-order valence-corrected chi connectivity index (χ1v) is 9.38. The molecule has 3 unspecified atom stereocenters. The zero-order valence-corrected chi connectivity index (χ0v) is 15.6. The zero-order valence-electron chi connectivity index (χ0n) is 14.1. The number of rotatable bonds is 4. The van der Waals surface area contributed by atoms with E-state index in [0.29, 0.717) is 5.02 Å². The van der Waals surface area contributed by atoms with Crippen LogP contribution in [0, 0.1) is 5.92 Å². The van der Waals surface area contributed by atoms with E-state index in [1.54, 1.807) is 24.3 Å². The van der Waals surface area contributed by atoms with Crippen LogP contribution in [0.2, 0.25) is 5.02 Å². The molecule has 0 radical (unpaired) electrons. The highest BCUT2D eigenvalue weighted by Crippen LogP contribution is 2.40. The Morgan fingerprint density at radius 3 is 2.35 bits per heavy atom. The molecule has 1 fully saturated rings. The van der Waals surface area contributed by atoms with Gasteiger partial charge in [0.1, 0.15) is 11.2 Å². The van der Waals surface area contributed by atoms with Gasteiger partial charge >= 0.3 is 5.97 Å². The second-order valence-corrected chi connectivity index (χ2v) is 7.66. The summed E-state index contributed by atoms with van der Waals surface area (Å²) in [5, 5.41) is -0.340. The summed E-state index contributed by atoms with van der Waals surface area (Å²) >= 11 is 7.03. The van der Waals surface area contributed by atoms with Gasteiger partial charge in [-0.15, -0.1) is 11.8 Å². The number of methoxy groups -OCH3 is 1. The van der Waals surface area contributed by atoms with Crippen LogP contribution in [0.25, 0.3) is 0 Å². The van der Waals surface area contributed by atoms with E-state index < -0.39 is 28.8 Å². The van der Waals surface area contributed by atoms with Crippen molar-refractivity contribution in [2.75, 3.05) is 7.11 Å². The predicted octanol–water partition coefficient (Wildman–Crippen LogP) is 3.92. The van der Waals surface area contributed by atoms with Gasteiger partial charge in [-0.25, -0.2) is 0 Å². The highest BCUT2D eigenvalue weighted by atomic mass is 35.5. The number of Topliss-reactive ketones (excluding diaryl/α,β-unsaturated/α-hetero) is 2. The fraction of sp³-hybridized carbons (Fsp3) is 0.250. The summed E-state index contributed by atoms with van der Waals surface area (Å²) in [5.41, 5.74) is 0.791. The second-order valence-electron chi connectivity index (χ2n) is 6.04. The summed E-state index contributed by atoms with van der Waals surface area (Å²) in [7, 11) is 1.26. The van der Waals surface area contributed by atoms with Gasteiger partial charge in [0.05, 0.1) is 7.11 Å². The Kier molecular flexibility index (Phi) is 5.79. The van der Waals surface area contributed by atoms with Crippen molar-refractivity contribution in [1.29, 1.82) is 0 Å². The molecule has 1 saturated carbocycles. The Morgan fingerprint density at radius 1 is 1.08 bits per heavy atom. The number of thioether (sulfide) groups is 1. The molecule has 0 bridgehead atoms. The number of ketones is 2. The van der Waals surface area contributed by atoms with Gasteiger partial charge in [-0.05, 0) is 29.8 Å². The van der Waals surface area contributed by atoms with Crippen LogP contribution in [-0.4, -0.2) is 29.9 Å². The molecule has 1 aliphatic rings. The SMILES string of the molecule is COC(=O)C1C(=O)C(Sc2ccc(Cl)cc2)C(=O)CC1c1ccccc1. The molecule has 0 amide bonds. The molecule has 0 saturated heterocycles. The predicted molar refractivity (Wildman–Crippen MR) is 100 cm³/mol. The highest BCUT2D eigenvalue weighted by molar-refractivity contribution is 8.01. The summed E-state index contributed by atoms with van der Waals surface area (Å²) in [6.07, 6.45) is 0.126. The lowest BCUT2D eigenvalue weighted by Crippen LogP contribution is -2.46. The Labute approximate surface area is 160 Å². The molecule has 3 atom stereocenters. The zero-order chi connectivity index (χ0) is 18.7. The molecule has 134 valence electrons. The van der Waals surface area contributed by atoms with E-state index in [2.05, 4.69) is 0 Å². The molecule has 2 aromatic carbocycles. The van der Waals surface area contributed by atoms with E-state index in [-0.39, 0.29) is 12.2 Å². The monoisotopic (exact) mass is 388 g/mol. The van der Waals surface area contributed by atoms with Crippen molar-refractivity contribution in [3.05, 3.63) is 65.2 Å². The molecule has 1 aliphatic carbocycles. The third-order valence-electron chi connectivity index (χ3n) is 4.43. The third kappa shape index (κ3) is 3.84. The molecule has 0 N–H and O–H groups in total. The number of esters is 1. The molecule has 2 aromatic rings. The summed E-state index contributed by atoms with van der Waals surface area (Å²) < 4.78 is 4.86. The lowest BCUT2D eigenvalue weighted by atomic mass is 9.74. The van der Waals surface area contributed by atoms with Crippen molar-refractivity contribution >= 4 is 40.9 Å². The fourth-order valence-electron chi connectivity index (χ4n) is 3.15. The first-order valence-electron chi connectivity index (χ1n) is 8.12. The van der Waals surface area contributed by atoms with E-state index in [1.165, 1.54) is 7.11 Å². The maximum Gasteiger partial charge on any atom is 0.316 e. The fourth-order valence-corrected chi connectivity index (χ4v) is 4.33. The minimum absolute atomic E-state index is 0.126. The minimum atomic E-state index is -0.982. The molecule has 0 spiro atoms. The summed E-state index contributed by atoms with van der Waals surface area (Å²) in [5.74, 6) is -2.65. The Balaban J connectivity index is 1.91. The van der Waals surface area contributed by atoms with Gasteiger partial charge in [0.25, 0.3) is 0 Å². The van der Waals surface area contributed by atoms with Crippen molar-refractivity contribution in [1.82, 2.24) is 0 Å². The van der Waals surface area contributed by atoms with Crippen LogP contribution in [-0.2, 0) is 19.1 Å². The summed E-state index contributed by atoms with van der Waals surface area (Å²) in [6, 6.07) is 16.1. The van der Waals surface area contributed by atoms with Gasteiger partial charge in [-0.2, -0.15) is 0 Å². The number of ether oxygens (including phenoxy) is 1. The summed E-state index contributed by atoms with van der Waals surface area (Å²) in [6.45, 7) is 0. The van der Waals surface area contributed by atoms with Crippen LogP contribution >= 0.6 is 23.4 Å². The van der Waals surface area contributed by atoms with Crippen LogP contribution in [0.1, 0.15) is 17.9 Å². The first kappa shape index (κ1) is 18.7. The number of benzene rings is 2. The van der Waals surface area contributed by atoms with Gasteiger partial charge in [-0.3, -0.25) is 14.4 Å². The van der Waals surface area contributed by atoms with Crippen LogP contribution in [0.3, 0.4) is 0 Å². The third-order valence-corrected chi connectivity index (χ3v) is 5.96. The van der Waals surface area contributed by atoms with E-state index in [1.807, 2.05) is 30.3 Å². The first-order chi connectivity index (χ1) is 12.5. The Bertz CT molecular complexity index is 819. The van der Waals surface area contributed by atoms with Crippen molar-refractivity contribution in [2.45, 2.75) is 22.5 Å². The summed E-state index contributed by atoms with van der Waals surface area (Å²) in [4.78, 5) is 38.8. The molecule has 0 aromatic heterocycles. The average molecular weight is 389 g/mol. The van der Waals surface area contributed by atoms with E-state index in [4.69, 9.17) is 16.3 Å². The molecule has 26 heavy (non-hydrogen) atoms. The minimum Gasteiger partial charge on any atom is -0.468 e. The Hall–Kier alpha value is -2.11.